The summed E-state index contributed by atoms with van der Waals surface area (Å²) in [6.07, 6.45) is 2.69. The third-order valence-electron chi connectivity index (χ3n) is 9.11. The lowest BCUT2D eigenvalue weighted by Crippen LogP contribution is -2.28. The fourth-order valence-electron chi connectivity index (χ4n) is 6.74. The summed E-state index contributed by atoms with van der Waals surface area (Å²) in [5.41, 5.74) is 3.82. The summed E-state index contributed by atoms with van der Waals surface area (Å²) in [6.45, 7) is 0.121. The minimum absolute atomic E-state index is 0.123. The van der Waals surface area contributed by atoms with Gasteiger partial charge in [0.1, 0.15) is 24.0 Å². The molecule has 7 rings (SSSR count). The monoisotopic (exact) mass is 614 g/mol. The van der Waals surface area contributed by atoms with Crippen molar-refractivity contribution in [2.24, 2.45) is 5.92 Å². The number of para-hydroxylation sites is 1. The fourth-order valence-corrected chi connectivity index (χ4v) is 6.74. The minimum Gasteiger partial charge on any atom is -0.487 e. The van der Waals surface area contributed by atoms with Gasteiger partial charge in [0, 0.05) is 41.6 Å². The summed E-state index contributed by atoms with van der Waals surface area (Å²) in [4.78, 5) is 23.4. The highest BCUT2D eigenvalue weighted by Crippen LogP contribution is 2.40. The second-order valence-electron chi connectivity index (χ2n) is 12.1. The molecule has 0 amide bonds. The van der Waals surface area contributed by atoms with Gasteiger partial charge in [-0.3, -0.25) is 4.79 Å². The molecule has 0 bridgehead atoms. The number of carbonyl (C=O) groups is 1. The van der Waals surface area contributed by atoms with Gasteiger partial charge >= 0.3 is 5.97 Å². The summed E-state index contributed by atoms with van der Waals surface area (Å²) in [6, 6.07) is 21.9. The molecule has 45 heavy (non-hydrogen) atoms. The van der Waals surface area contributed by atoms with Crippen LogP contribution in [0.5, 0.6) is 5.75 Å². The number of imidazole rings is 1. The van der Waals surface area contributed by atoms with E-state index in [0.717, 1.165) is 35.0 Å². The van der Waals surface area contributed by atoms with Crippen LogP contribution in [0, 0.1) is 11.7 Å². The Balaban J connectivity index is 1.20. The molecule has 7 nitrogen and oxygen atoms in total. The largest absolute Gasteiger partial charge is 0.487 e. The van der Waals surface area contributed by atoms with E-state index >= 15 is 4.39 Å². The topological polar surface area (TPSA) is 80.5 Å². The third kappa shape index (κ3) is 5.93. The first-order valence-corrected chi connectivity index (χ1v) is 15.4. The van der Waals surface area contributed by atoms with Crippen molar-refractivity contribution in [3.05, 3.63) is 95.7 Å². The van der Waals surface area contributed by atoms with Crippen molar-refractivity contribution in [1.82, 2.24) is 14.5 Å². The molecule has 1 saturated heterocycles. The van der Waals surface area contributed by atoms with Gasteiger partial charge in [0.2, 0.25) is 0 Å². The molecule has 1 aliphatic heterocycles. The highest BCUT2D eigenvalue weighted by molar-refractivity contribution is 5.79. The second-order valence-corrected chi connectivity index (χ2v) is 12.1. The molecule has 2 aliphatic rings. The number of fused-ring (bicyclic) bond motifs is 2. The molecule has 2 fully saturated rings. The van der Waals surface area contributed by atoms with Crippen LogP contribution in [0.25, 0.3) is 21.9 Å². The predicted molar refractivity (Wildman–Crippen MR) is 165 cm³/mol. The number of carboxylic acid groups (broad SMARTS) is 1. The van der Waals surface area contributed by atoms with Crippen LogP contribution in [-0.4, -0.2) is 44.6 Å². The van der Waals surface area contributed by atoms with Crippen LogP contribution in [0.2, 0.25) is 0 Å². The van der Waals surface area contributed by atoms with Crippen LogP contribution in [0.1, 0.15) is 55.1 Å². The summed E-state index contributed by atoms with van der Waals surface area (Å²) >= 11 is 0. The summed E-state index contributed by atoms with van der Waals surface area (Å²) < 4.78 is 51.1. The third-order valence-corrected chi connectivity index (χ3v) is 9.11. The number of halogens is 3. The van der Waals surface area contributed by atoms with Gasteiger partial charge in [-0.1, -0.05) is 43.2 Å². The van der Waals surface area contributed by atoms with Crippen LogP contribution in [0.15, 0.2) is 72.8 Å². The Morgan fingerprint density at radius 1 is 0.978 bits per heavy atom. The van der Waals surface area contributed by atoms with Crippen molar-refractivity contribution in [1.29, 1.82) is 0 Å². The van der Waals surface area contributed by atoms with E-state index in [0.29, 0.717) is 41.2 Å². The number of alkyl halides is 2. The van der Waals surface area contributed by atoms with E-state index < -0.39 is 30.2 Å². The Kier molecular flexibility index (Phi) is 7.59. The maximum atomic E-state index is 15.5. The number of aliphatic carboxylic acids is 1. The average molecular weight is 615 g/mol. The molecule has 0 radical (unpaired) electrons. The quantitative estimate of drug-likeness (QED) is 0.194. The van der Waals surface area contributed by atoms with Gasteiger partial charge in [-0.25, -0.2) is 23.1 Å². The number of rotatable bonds is 8. The number of aromatic nitrogens is 3. The van der Waals surface area contributed by atoms with Crippen LogP contribution < -0.4 is 9.64 Å². The number of pyridine rings is 1. The Morgan fingerprint density at radius 2 is 1.82 bits per heavy atom. The molecular formula is C35H33F3N4O3. The number of benzene rings is 3. The Morgan fingerprint density at radius 3 is 2.62 bits per heavy atom. The van der Waals surface area contributed by atoms with Crippen LogP contribution in [0.4, 0.5) is 18.9 Å². The number of carboxylic acids is 1. The molecule has 1 saturated carbocycles. The van der Waals surface area contributed by atoms with Crippen molar-refractivity contribution < 1.29 is 27.8 Å². The average Bonchev–Trinajstić information content (AvgIpc) is 3.59. The molecule has 232 valence electrons. The van der Waals surface area contributed by atoms with Gasteiger partial charge in [0.25, 0.3) is 5.92 Å². The summed E-state index contributed by atoms with van der Waals surface area (Å²) in [5, 5.41) is 11.1. The lowest BCUT2D eigenvalue weighted by Gasteiger charge is -2.28. The lowest BCUT2D eigenvalue weighted by molar-refractivity contribution is -0.143. The lowest BCUT2D eigenvalue weighted by atomic mass is 9.78. The molecule has 1 N–H and O–H groups in total. The molecule has 10 heteroatoms. The number of nitrogens with zero attached hydrogens (tertiary/aromatic N) is 4. The zero-order valence-corrected chi connectivity index (χ0v) is 24.6. The van der Waals surface area contributed by atoms with E-state index in [2.05, 4.69) is 4.98 Å². The van der Waals surface area contributed by atoms with Gasteiger partial charge in [-0.2, -0.15) is 0 Å². The zero-order chi connectivity index (χ0) is 31.1. The van der Waals surface area contributed by atoms with E-state index in [1.165, 1.54) is 11.0 Å². The minimum atomic E-state index is -2.78. The maximum absolute atomic E-state index is 15.5. The van der Waals surface area contributed by atoms with Crippen LogP contribution in [0.3, 0.4) is 0 Å². The number of ether oxygens (including phenoxy) is 1. The molecule has 0 spiro atoms. The first kappa shape index (κ1) is 29.1. The first-order valence-electron chi connectivity index (χ1n) is 15.4. The molecule has 3 heterocycles. The summed E-state index contributed by atoms with van der Waals surface area (Å²) in [7, 11) is 0. The van der Waals surface area contributed by atoms with Crippen molar-refractivity contribution in [2.45, 2.75) is 57.1 Å². The van der Waals surface area contributed by atoms with Gasteiger partial charge < -0.3 is 19.3 Å². The van der Waals surface area contributed by atoms with Crippen molar-refractivity contribution >= 4 is 33.6 Å². The normalized spacial score (nSPS) is 19.8. The van der Waals surface area contributed by atoms with Gasteiger partial charge in [0.15, 0.2) is 0 Å². The first-order chi connectivity index (χ1) is 21.7. The smallest absolute Gasteiger partial charge is 0.307 e. The van der Waals surface area contributed by atoms with E-state index in [1.807, 2.05) is 59.2 Å². The van der Waals surface area contributed by atoms with Gasteiger partial charge in [-0.05, 0) is 49.2 Å². The van der Waals surface area contributed by atoms with Crippen molar-refractivity contribution in [3.63, 3.8) is 0 Å². The van der Waals surface area contributed by atoms with Crippen LogP contribution in [-0.2, 0) is 17.9 Å². The van der Waals surface area contributed by atoms with Crippen molar-refractivity contribution in [2.75, 3.05) is 18.0 Å². The molecular weight excluding hydrogens is 581 g/mol. The van der Waals surface area contributed by atoms with E-state index in [-0.39, 0.29) is 32.0 Å². The van der Waals surface area contributed by atoms with E-state index in [1.54, 1.807) is 12.1 Å². The zero-order valence-electron chi connectivity index (χ0n) is 24.6. The Labute approximate surface area is 258 Å². The number of anilines is 1. The molecule has 2 aromatic heterocycles. The maximum Gasteiger partial charge on any atom is 0.307 e. The predicted octanol–water partition coefficient (Wildman–Crippen LogP) is 7.55. The van der Waals surface area contributed by atoms with Crippen LogP contribution >= 0.6 is 0 Å². The molecule has 3 aromatic carbocycles. The molecule has 5 aromatic rings. The van der Waals surface area contributed by atoms with E-state index in [9.17, 15) is 18.7 Å². The molecule has 2 atom stereocenters. The highest BCUT2D eigenvalue weighted by Gasteiger charge is 2.39. The van der Waals surface area contributed by atoms with Crippen molar-refractivity contribution in [3.8, 4) is 5.75 Å². The highest BCUT2D eigenvalue weighted by atomic mass is 19.3. The standard InChI is InChI=1S/C35H33F3N4O3/c36-29-17-25(41-16-15-35(37,38)21-41)12-10-23(29)19-42-32-14-13-26(45-20-24-11-9-22-5-1-4-8-30(22)39-24)18-31(32)40-33(42)27-6-2-3-7-28(27)34(43)44/h1,4-5,8-14,17-18,27-28H,2-3,6-7,15-16,19-21H2,(H,43,44)/t27-,28?/m1/s1. The number of hydrogen-bond donors (Lipinski definition) is 1. The Hall–Kier alpha value is -4.60. The van der Waals surface area contributed by atoms with E-state index in [4.69, 9.17) is 9.72 Å². The summed E-state index contributed by atoms with van der Waals surface area (Å²) in [5.74, 6) is -3.87. The second kappa shape index (κ2) is 11.7. The Bertz CT molecular complexity index is 1890. The van der Waals surface area contributed by atoms with Gasteiger partial charge in [0.05, 0.1) is 41.3 Å². The molecule has 1 unspecified atom stereocenters. The fraction of sp³-hybridized carbons (Fsp3) is 0.343. The SMILES string of the molecule is O=C(O)C1CCCC[C@H]1c1nc2cc(OCc3ccc4ccccc4n3)ccc2n1Cc1ccc(N2CCC(F)(F)C2)cc1F. The van der Waals surface area contributed by atoms with Gasteiger partial charge in [-0.15, -0.1) is 0 Å². The molecule has 1 aliphatic carbocycles. The number of hydrogen-bond acceptors (Lipinski definition) is 5.